The summed E-state index contributed by atoms with van der Waals surface area (Å²) in [5.74, 6) is 0.683. The number of carbonyl (C=O) groups is 1. The number of rotatable bonds is 5. The summed E-state index contributed by atoms with van der Waals surface area (Å²) >= 11 is 0. The Kier molecular flexibility index (Phi) is 5.06. The van der Waals surface area contributed by atoms with Crippen molar-refractivity contribution >= 4 is 11.8 Å². The van der Waals surface area contributed by atoms with Gasteiger partial charge in [0.05, 0.1) is 18.1 Å². The largest absolute Gasteiger partial charge is 0.348 e. The maximum atomic E-state index is 12.4. The van der Waals surface area contributed by atoms with E-state index in [9.17, 15) is 4.79 Å². The molecule has 136 valence electrons. The van der Waals surface area contributed by atoms with Crippen molar-refractivity contribution < 1.29 is 4.79 Å². The Bertz CT molecular complexity index is 846. The van der Waals surface area contributed by atoms with Gasteiger partial charge in [-0.3, -0.25) is 5.32 Å². The topological polar surface area (TPSA) is 87.6 Å². The smallest absolute Gasteiger partial charge is 0.320 e. The number of anilines is 1. The molecule has 0 unspecified atom stereocenters. The lowest BCUT2D eigenvalue weighted by molar-refractivity contribution is 0.251. The Labute approximate surface area is 152 Å². The van der Waals surface area contributed by atoms with Crippen LogP contribution in [0.25, 0.3) is 11.1 Å². The summed E-state index contributed by atoms with van der Waals surface area (Å²) in [6.07, 6.45) is 5.86. The number of imidazole rings is 1. The molecule has 3 N–H and O–H groups in total. The highest BCUT2D eigenvalue weighted by Crippen LogP contribution is 2.31. The first-order valence-corrected chi connectivity index (χ1v) is 8.61. The molecule has 0 fully saturated rings. The van der Waals surface area contributed by atoms with E-state index >= 15 is 0 Å². The first-order chi connectivity index (χ1) is 12.4. The zero-order valence-electron chi connectivity index (χ0n) is 15.3. The van der Waals surface area contributed by atoms with Crippen molar-refractivity contribution in [3.63, 3.8) is 0 Å². The average Bonchev–Trinajstić information content (AvgIpc) is 3.25. The first kappa shape index (κ1) is 17.7. The molecular weight excluding hydrogens is 328 g/mol. The van der Waals surface area contributed by atoms with Crippen LogP contribution in [-0.4, -0.2) is 32.3 Å². The third-order valence-corrected chi connectivity index (χ3v) is 3.96. The van der Waals surface area contributed by atoms with E-state index in [1.54, 1.807) is 18.7 Å². The third-order valence-electron chi connectivity index (χ3n) is 3.96. The zero-order valence-corrected chi connectivity index (χ0v) is 15.3. The molecule has 26 heavy (non-hydrogen) atoms. The molecule has 3 rings (SSSR count). The molecule has 0 radical (unpaired) electrons. The Morgan fingerprint density at radius 2 is 1.96 bits per heavy atom. The summed E-state index contributed by atoms with van der Waals surface area (Å²) in [5, 5.41) is 10.3. The molecule has 2 heterocycles. The van der Waals surface area contributed by atoms with E-state index in [0.717, 1.165) is 16.8 Å². The second-order valence-corrected chi connectivity index (χ2v) is 7.06. The summed E-state index contributed by atoms with van der Waals surface area (Å²) < 4.78 is 1.84. The molecule has 0 aliphatic rings. The van der Waals surface area contributed by atoms with Crippen LogP contribution in [0.1, 0.15) is 26.5 Å². The number of urea groups is 1. The van der Waals surface area contributed by atoms with Crippen LogP contribution in [0.5, 0.6) is 0 Å². The van der Waals surface area contributed by atoms with Gasteiger partial charge in [-0.05, 0) is 26.3 Å². The maximum Gasteiger partial charge on any atom is 0.320 e. The minimum absolute atomic E-state index is 0.257. The highest BCUT2D eigenvalue weighted by Gasteiger charge is 2.23. The van der Waals surface area contributed by atoms with E-state index in [2.05, 4.69) is 46.5 Å². The van der Waals surface area contributed by atoms with E-state index < -0.39 is 0 Å². The predicted octanol–water partition coefficient (Wildman–Crippen LogP) is 3.39. The minimum atomic E-state index is -0.258. The van der Waals surface area contributed by atoms with Crippen LogP contribution in [0.15, 0.2) is 49.1 Å². The molecule has 0 saturated carbocycles. The van der Waals surface area contributed by atoms with Crippen LogP contribution in [-0.2, 0) is 12.0 Å². The lowest BCUT2D eigenvalue weighted by Gasteiger charge is -2.23. The molecule has 3 aromatic rings. The number of nitrogens with one attached hydrogen (secondary N) is 3. The third kappa shape index (κ3) is 4.11. The van der Waals surface area contributed by atoms with Gasteiger partial charge < -0.3 is 10.3 Å². The minimum Gasteiger partial charge on any atom is -0.348 e. The number of amides is 2. The summed E-state index contributed by atoms with van der Waals surface area (Å²) in [4.78, 5) is 19.4. The van der Waals surface area contributed by atoms with Crippen LogP contribution >= 0.6 is 0 Å². The van der Waals surface area contributed by atoms with E-state index in [0.29, 0.717) is 18.8 Å². The molecule has 2 aromatic heterocycles. The van der Waals surface area contributed by atoms with Crippen molar-refractivity contribution in [3.05, 3.63) is 54.7 Å². The van der Waals surface area contributed by atoms with E-state index in [4.69, 9.17) is 0 Å². The highest BCUT2D eigenvalue weighted by atomic mass is 16.2. The Hall–Kier alpha value is -3.09. The van der Waals surface area contributed by atoms with Crippen molar-refractivity contribution in [1.82, 2.24) is 25.1 Å². The Balaban J connectivity index is 1.76. The number of H-pyrrole nitrogens is 1. The number of nitrogens with zero attached hydrogens (tertiary/aromatic N) is 3. The fraction of sp³-hybridized carbons (Fsp3) is 0.316. The summed E-state index contributed by atoms with van der Waals surface area (Å²) in [6, 6.07) is 9.66. The van der Waals surface area contributed by atoms with Gasteiger partial charge in [0, 0.05) is 30.4 Å². The van der Waals surface area contributed by atoms with Crippen LogP contribution in [0.2, 0.25) is 0 Å². The Morgan fingerprint density at radius 3 is 2.62 bits per heavy atom. The number of carbonyl (C=O) groups excluding carboxylic acids is 1. The number of aromatic nitrogens is 4. The van der Waals surface area contributed by atoms with Crippen molar-refractivity contribution in [2.75, 3.05) is 11.9 Å². The van der Waals surface area contributed by atoms with Gasteiger partial charge >= 0.3 is 6.03 Å². The molecule has 0 spiro atoms. The van der Waals surface area contributed by atoms with Gasteiger partial charge in [0.1, 0.15) is 5.82 Å². The first-order valence-electron chi connectivity index (χ1n) is 8.61. The standard InChI is InChI=1S/C19H24N6O/c1-19(2,3)25-17(16(12-23-25)14-7-5-4-6-8-14)24-18(26)21-10-9-15-11-20-13-22-15/h4-8,11-13H,9-10H2,1-3H3,(H,20,22)(H2,21,24,26). The molecule has 0 bridgehead atoms. The molecule has 1 aromatic carbocycles. The number of hydrogen-bond donors (Lipinski definition) is 3. The van der Waals surface area contributed by atoms with Gasteiger partial charge in [-0.15, -0.1) is 0 Å². The van der Waals surface area contributed by atoms with E-state index in [1.807, 2.05) is 35.0 Å². The van der Waals surface area contributed by atoms with Crippen LogP contribution < -0.4 is 10.6 Å². The van der Waals surface area contributed by atoms with E-state index in [1.165, 1.54) is 0 Å². The second kappa shape index (κ2) is 7.43. The quantitative estimate of drug-likeness (QED) is 0.658. The molecule has 2 amide bonds. The molecule has 0 aliphatic heterocycles. The molecule has 7 heteroatoms. The normalized spacial score (nSPS) is 11.3. The van der Waals surface area contributed by atoms with Crippen molar-refractivity contribution in [1.29, 1.82) is 0 Å². The molecule has 0 atom stereocenters. The summed E-state index contributed by atoms with van der Waals surface area (Å²) in [7, 11) is 0. The maximum absolute atomic E-state index is 12.4. The zero-order chi connectivity index (χ0) is 18.6. The monoisotopic (exact) mass is 352 g/mol. The lowest BCUT2D eigenvalue weighted by Crippen LogP contribution is -2.33. The molecule has 7 nitrogen and oxygen atoms in total. The van der Waals surface area contributed by atoms with Gasteiger partial charge in [0.25, 0.3) is 0 Å². The fourth-order valence-electron chi connectivity index (χ4n) is 2.69. The molecule has 0 aliphatic carbocycles. The van der Waals surface area contributed by atoms with Crippen LogP contribution in [0.3, 0.4) is 0 Å². The van der Waals surface area contributed by atoms with Gasteiger partial charge in [-0.25, -0.2) is 14.5 Å². The van der Waals surface area contributed by atoms with Gasteiger partial charge in [0.15, 0.2) is 0 Å². The number of benzene rings is 1. The van der Waals surface area contributed by atoms with Crippen molar-refractivity contribution in [2.45, 2.75) is 32.7 Å². The molecule has 0 saturated heterocycles. The lowest BCUT2D eigenvalue weighted by atomic mass is 10.1. The van der Waals surface area contributed by atoms with Gasteiger partial charge in [0.2, 0.25) is 0 Å². The number of hydrogen-bond acceptors (Lipinski definition) is 3. The highest BCUT2D eigenvalue weighted by molar-refractivity contribution is 5.93. The fourth-order valence-corrected chi connectivity index (χ4v) is 2.69. The summed E-state index contributed by atoms with van der Waals surface area (Å²) in [5.41, 5.74) is 2.63. The molecular formula is C19H24N6O. The average molecular weight is 352 g/mol. The second-order valence-electron chi connectivity index (χ2n) is 7.06. The van der Waals surface area contributed by atoms with Crippen LogP contribution in [0, 0.1) is 0 Å². The van der Waals surface area contributed by atoms with Gasteiger partial charge in [-0.1, -0.05) is 30.3 Å². The van der Waals surface area contributed by atoms with Crippen LogP contribution in [0.4, 0.5) is 10.6 Å². The van der Waals surface area contributed by atoms with Gasteiger partial charge in [-0.2, -0.15) is 5.10 Å². The summed E-state index contributed by atoms with van der Waals surface area (Å²) in [6.45, 7) is 6.67. The Morgan fingerprint density at radius 1 is 1.19 bits per heavy atom. The van der Waals surface area contributed by atoms with Crippen molar-refractivity contribution in [3.8, 4) is 11.1 Å². The SMILES string of the molecule is CC(C)(C)n1ncc(-c2ccccc2)c1NC(=O)NCCc1cnc[nH]1. The number of aromatic amines is 1. The predicted molar refractivity (Wildman–Crippen MR) is 102 cm³/mol. The van der Waals surface area contributed by atoms with Crippen molar-refractivity contribution in [2.24, 2.45) is 0 Å². The van der Waals surface area contributed by atoms with E-state index in [-0.39, 0.29) is 11.6 Å².